The highest BCUT2D eigenvalue weighted by Crippen LogP contribution is 2.29. The topological polar surface area (TPSA) is 41.6 Å². The lowest BCUT2D eigenvalue weighted by Crippen LogP contribution is -2.33. The monoisotopic (exact) mass is 282 g/mol. The van der Waals surface area contributed by atoms with Gasteiger partial charge in [-0.1, -0.05) is 11.6 Å². The van der Waals surface area contributed by atoms with Gasteiger partial charge in [0.25, 0.3) is 0 Å². The van der Waals surface area contributed by atoms with Crippen LogP contribution >= 0.6 is 11.6 Å². The van der Waals surface area contributed by atoms with Crippen LogP contribution in [0.4, 0.5) is 5.69 Å². The van der Waals surface area contributed by atoms with Crippen molar-refractivity contribution in [2.24, 2.45) is 0 Å². The molecule has 4 nitrogen and oxygen atoms in total. The molecule has 1 saturated heterocycles. The van der Waals surface area contributed by atoms with Gasteiger partial charge in [0.2, 0.25) is 5.91 Å². The molecule has 1 aromatic rings. The van der Waals surface area contributed by atoms with Crippen molar-refractivity contribution in [2.45, 2.75) is 25.3 Å². The van der Waals surface area contributed by atoms with Gasteiger partial charge >= 0.3 is 0 Å². The molecule has 0 bridgehead atoms. The molecule has 0 saturated carbocycles. The zero-order valence-electron chi connectivity index (χ0n) is 11.3. The average Bonchev–Trinajstić information content (AvgIpc) is 2.90. The molecule has 104 valence electrons. The maximum absolute atomic E-state index is 12.2. The Hall–Kier alpha value is -1.26. The Kier molecular flexibility index (Phi) is 4.66. The number of nitrogens with one attached hydrogen (secondary N) is 1. The molecule has 0 radical (unpaired) electrons. The molecule has 1 aliphatic heterocycles. The van der Waals surface area contributed by atoms with Crippen molar-refractivity contribution < 1.29 is 9.53 Å². The molecule has 0 aromatic heterocycles. The van der Waals surface area contributed by atoms with Gasteiger partial charge in [-0.25, -0.2) is 0 Å². The molecular weight excluding hydrogens is 264 g/mol. The third kappa shape index (κ3) is 3.39. The summed E-state index contributed by atoms with van der Waals surface area (Å²) >= 11 is 6.07. The molecule has 1 aromatic carbocycles. The molecule has 1 heterocycles. The van der Waals surface area contributed by atoms with E-state index in [1.807, 2.05) is 6.07 Å². The van der Waals surface area contributed by atoms with Gasteiger partial charge in [0.15, 0.2) is 0 Å². The van der Waals surface area contributed by atoms with Crippen LogP contribution in [-0.4, -0.2) is 32.7 Å². The highest BCUT2D eigenvalue weighted by atomic mass is 35.5. The minimum Gasteiger partial charge on any atom is -0.495 e. The highest BCUT2D eigenvalue weighted by molar-refractivity contribution is 6.32. The fourth-order valence-corrected chi connectivity index (χ4v) is 2.54. The number of ether oxygens (including phenoxy) is 1. The summed E-state index contributed by atoms with van der Waals surface area (Å²) in [6.45, 7) is 1.01. The van der Waals surface area contributed by atoms with Gasteiger partial charge in [0.1, 0.15) is 5.75 Å². The summed E-state index contributed by atoms with van der Waals surface area (Å²) in [6, 6.07) is 5.67. The second kappa shape index (κ2) is 6.26. The van der Waals surface area contributed by atoms with Crippen LogP contribution in [0.5, 0.6) is 5.75 Å². The summed E-state index contributed by atoms with van der Waals surface area (Å²) in [5.41, 5.74) is 0.786. The Balaban J connectivity index is 2.03. The predicted octanol–water partition coefficient (Wildman–Crippen LogP) is 2.45. The predicted molar refractivity (Wildman–Crippen MR) is 77.1 cm³/mol. The number of amides is 1. The first-order valence-electron chi connectivity index (χ1n) is 6.45. The van der Waals surface area contributed by atoms with E-state index >= 15 is 0 Å². The maximum Gasteiger partial charge on any atom is 0.228 e. The van der Waals surface area contributed by atoms with E-state index in [2.05, 4.69) is 5.32 Å². The van der Waals surface area contributed by atoms with Crippen LogP contribution in [0.2, 0.25) is 5.02 Å². The van der Waals surface area contributed by atoms with Crippen LogP contribution in [0.1, 0.15) is 19.3 Å². The van der Waals surface area contributed by atoms with Gasteiger partial charge < -0.3 is 15.0 Å². The molecule has 0 spiro atoms. The van der Waals surface area contributed by atoms with Crippen molar-refractivity contribution >= 4 is 23.2 Å². The van der Waals surface area contributed by atoms with E-state index in [-0.39, 0.29) is 5.91 Å². The van der Waals surface area contributed by atoms with Crippen LogP contribution in [0.15, 0.2) is 18.2 Å². The van der Waals surface area contributed by atoms with Gasteiger partial charge in [0.05, 0.1) is 12.1 Å². The van der Waals surface area contributed by atoms with E-state index in [4.69, 9.17) is 16.3 Å². The fraction of sp³-hybridized carbons (Fsp3) is 0.500. The first-order valence-corrected chi connectivity index (χ1v) is 6.83. The molecule has 2 rings (SSSR count). The van der Waals surface area contributed by atoms with Crippen molar-refractivity contribution in [3.8, 4) is 5.75 Å². The van der Waals surface area contributed by atoms with Crippen molar-refractivity contribution in [2.75, 3.05) is 25.6 Å². The number of carbonyl (C=O) groups is 1. The third-order valence-corrected chi connectivity index (χ3v) is 3.78. The van der Waals surface area contributed by atoms with E-state index in [0.717, 1.165) is 25.1 Å². The summed E-state index contributed by atoms with van der Waals surface area (Å²) in [5, 5.41) is 3.84. The highest BCUT2D eigenvalue weighted by Gasteiger charge is 2.20. The Labute approximate surface area is 118 Å². The number of rotatable bonds is 4. The number of halogens is 1. The minimum atomic E-state index is 0.0978. The summed E-state index contributed by atoms with van der Waals surface area (Å²) in [6.07, 6.45) is 2.75. The Bertz CT molecular complexity index is 459. The Morgan fingerprint density at radius 2 is 2.37 bits per heavy atom. The lowest BCUT2D eigenvalue weighted by molar-refractivity contribution is -0.118. The molecule has 1 atom stereocenters. The SMILES string of the molecule is COc1ccc(N(C)C(=O)CC2CCCN2)cc1Cl. The standard InChI is InChI=1S/C14H19ClN2O2/c1-17(14(18)8-10-4-3-7-16-10)11-5-6-13(19-2)12(15)9-11/h5-6,9-10,16H,3-4,7-8H2,1-2H3. The van der Waals surface area contributed by atoms with Gasteiger partial charge in [-0.15, -0.1) is 0 Å². The van der Waals surface area contributed by atoms with Gasteiger partial charge in [-0.2, -0.15) is 0 Å². The summed E-state index contributed by atoms with van der Waals surface area (Å²) in [7, 11) is 3.34. The van der Waals surface area contributed by atoms with Crippen LogP contribution in [0.3, 0.4) is 0 Å². The van der Waals surface area contributed by atoms with Crippen LogP contribution in [-0.2, 0) is 4.79 Å². The molecule has 1 fully saturated rings. The van der Waals surface area contributed by atoms with E-state index in [1.54, 1.807) is 31.2 Å². The lowest BCUT2D eigenvalue weighted by Gasteiger charge is -2.20. The second-order valence-electron chi connectivity index (χ2n) is 4.77. The van der Waals surface area contributed by atoms with E-state index in [1.165, 1.54) is 0 Å². The van der Waals surface area contributed by atoms with Crippen molar-refractivity contribution in [1.29, 1.82) is 0 Å². The van der Waals surface area contributed by atoms with Crippen molar-refractivity contribution in [1.82, 2.24) is 5.32 Å². The zero-order chi connectivity index (χ0) is 13.8. The molecule has 1 unspecified atom stereocenters. The van der Waals surface area contributed by atoms with Crippen LogP contribution in [0, 0.1) is 0 Å². The number of benzene rings is 1. The number of nitrogens with zero attached hydrogens (tertiary/aromatic N) is 1. The summed E-state index contributed by atoms with van der Waals surface area (Å²) in [5.74, 6) is 0.712. The first-order chi connectivity index (χ1) is 9.11. The molecule has 1 amide bonds. The van der Waals surface area contributed by atoms with Crippen molar-refractivity contribution in [3.63, 3.8) is 0 Å². The zero-order valence-corrected chi connectivity index (χ0v) is 12.0. The number of hydrogen-bond donors (Lipinski definition) is 1. The van der Waals surface area contributed by atoms with Gasteiger partial charge in [0, 0.05) is 25.2 Å². The van der Waals surface area contributed by atoms with E-state index in [0.29, 0.717) is 23.2 Å². The Morgan fingerprint density at radius 1 is 1.58 bits per heavy atom. The average molecular weight is 283 g/mol. The largest absolute Gasteiger partial charge is 0.495 e. The lowest BCUT2D eigenvalue weighted by atomic mass is 10.1. The Morgan fingerprint density at radius 3 is 2.95 bits per heavy atom. The third-order valence-electron chi connectivity index (χ3n) is 3.48. The number of methoxy groups -OCH3 is 1. The molecule has 1 aliphatic rings. The van der Waals surface area contributed by atoms with E-state index < -0.39 is 0 Å². The van der Waals surface area contributed by atoms with Crippen LogP contribution in [0.25, 0.3) is 0 Å². The minimum absolute atomic E-state index is 0.0978. The molecule has 19 heavy (non-hydrogen) atoms. The van der Waals surface area contributed by atoms with Gasteiger partial charge in [-0.05, 0) is 37.6 Å². The molecule has 0 aliphatic carbocycles. The summed E-state index contributed by atoms with van der Waals surface area (Å²) < 4.78 is 5.10. The van der Waals surface area contributed by atoms with Gasteiger partial charge in [-0.3, -0.25) is 4.79 Å². The van der Waals surface area contributed by atoms with E-state index in [9.17, 15) is 4.79 Å². The molecule has 1 N–H and O–H groups in total. The number of anilines is 1. The smallest absolute Gasteiger partial charge is 0.228 e. The normalized spacial score (nSPS) is 18.4. The quantitative estimate of drug-likeness (QED) is 0.922. The molecular formula is C14H19ClN2O2. The second-order valence-corrected chi connectivity index (χ2v) is 5.18. The molecule has 5 heteroatoms. The van der Waals surface area contributed by atoms with Crippen molar-refractivity contribution in [3.05, 3.63) is 23.2 Å². The first kappa shape index (κ1) is 14.2. The number of carbonyl (C=O) groups excluding carboxylic acids is 1. The number of hydrogen-bond acceptors (Lipinski definition) is 3. The van der Waals surface area contributed by atoms with Crippen LogP contribution < -0.4 is 15.0 Å². The summed E-state index contributed by atoms with van der Waals surface area (Å²) in [4.78, 5) is 13.8. The maximum atomic E-state index is 12.2. The fourth-order valence-electron chi connectivity index (χ4n) is 2.29.